The first-order chi connectivity index (χ1) is 13.2. The Labute approximate surface area is 162 Å². The summed E-state index contributed by atoms with van der Waals surface area (Å²) in [5.74, 6) is 0.229. The van der Waals surface area contributed by atoms with Gasteiger partial charge in [0, 0.05) is 18.0 Å². The average molecular weight is 386 g/mol. The number of rotatable bonds is 2. The Hall–Kier alpha value is -1.92. The molecule has 0 spiro atoms. The third kappa shape index (κ3) is 3.15. The molecular weight excluding hydrogens is 363 g/mol. The zero-order valence-corrected chi connectivity index (χ0v) is 16.0. The van der Waals surface area contributed by atoms with Crippen LogP contribution in [-0.4, -0.2) is 48.2 Å². The van der Waals surface area contributed by atoms with Crippen LogP contribution in [-0.2, 0) is 11.2 Å². The van der Waals surface area contributed by atoms with Gasteiger partial charge in [-0.25, -0.2) is 9.18 Å². The summed E-state index contributed by atoms with van der Waals surface area (Å²) in [7, 11) is 0. The maximum atomic E-state index is 13.4. The standard InChI is InChI=1S/C21H23FN2O2S/c22-17-3-1-15(2-4-17)19-20-16(8-12-27-20)7-11-24(19)21(25)26-18-13-23-9-5-14(18)6-10-23/h1-4,8,12,14,18-19H,5-7,9-11,13H2. The molecule has 27 heavy (non-hydrogen) atoms. The molecule has 2 unspecified atom stereocenters. The van der Waals surface area contributed by atoms with E-state index in [9.17, 15) is 9.18 Å². The second kappa shape index (κ2) is 6.91. The highest BCUT2D eigenvalue weighted by Gasteiger charge is 2.40. The molecule has 4 nitrogen and oxygen atoms in total. The first kappa shape index (κ1) is 17.2. The van der Waals surface area contributed by atoms with E-state index in [1.165, 1.54) is 22.6 Å². The lowest BCUT2D eigenvalue weighted by Crippen LogP contribution is -2.53. The number of nitrogens with zero attached hydrogens (tertiary/aromatic N) is 2. The van der Waals surface area contributed by atoms with Crippen molar-refractivity contribution in [1.82, 2.24) is 9.80 Å². The highest BCUT2D eigenvalue weighted by Crippen LogP contribution is 2.39. The summed E-state index contributed by atoms with van der Waals surface area (Å²) in [5.41, 5.74) is 2.21. The average Bonchev–Trinajstić information content (AvgIpc) is 3.18. The summed E-state index contributed by atoms with van der Waals surface area (Å²) >= 11 is 1.66. The van der Waals surface area contributed by atoms with Crippen molar-refractivity contribution in [2.75, 3.05) is 26.2 Å². The van der Waals surface area contributed by atoms with Crippen molar-refractivity contribution < 1.29 is 13.9 Å². The Balaban J connectivity index is 1.41. The fourth-order valence-corrected chi connectivity index (χ4v) is 5.81. The minimum Gasteiger partial charge on any atom is -0.444 e. The highest BCUT2D eigenvalue weighted by molar-refractivity contribution is 7.10. The van der Waals surface area contributed by atoms with E-state index >= 15 is 0 Å². The zero-order chi connectivity index (χ0) is 18.4. The van der Waals surface area contributed by atoms with Crippen molar-refractivity contribution in [3.8, 4) is 0 Å². The topological polar surface area (TPSA) is 32.8 Å². The number of carbonyl (C=O) groups is 1. The summed E-state index contributed by atoms with van der Waals surface area (Å²) in [6.07, 6.45) is 2.84. The van der Waals surface area contributed by atoms with Crippen LogP contribution in [0.4, 0.5) is 9.18 Å². The zero-order valence-electron chi connectivity index (χ0n) is 15.1. The maximum absolute atomic E-state index is 13.4. The molecule has 0 N–H and O–H groups in total. The molecule has 2 aromatic rings. The summed E-state index contributed by atoms with van der Waals surface area (Å²) < 4.78 is 19.4. The Kier molecular flexibility index (Phi) is 4.40. The second-order valence-electron chi connectivity index (χ2n) is 7.77. The Morgan fingerprint density at radius 2 is 1.89 bits per heavy atom. The monoisotopic (exact) mass is 386 g/mol. The van der Waals surface area contributed by atoms with Gasteiger partial charge in [-0.05, 0) is 73.0 Å². The Morgan fingerprint density at radius 3 is 2.59 bits per heavy atom. The molecule has 6 rings (SSSR count). The van der Waals surface area contributed by atoms with Crippen molar-refractivity contribution in [3.05, 3.63) is 57.5 Å². The SMILES string of the molecule is O=C(OC1CN2CCC1CC2)N1CCc2ccsc2C1c1ccc(F)cc1. The molecule has 1 amide bonds. The molecule has 0 aliphatic carbocycles. The van der Waals surface area contributed by atoms with Gasteiger partial charge in [0.15, 0.2) is 0 Å². The molecule has 2 atom stereocenters. The van der Waals surface area contributed by atoms with Crippen LogP contribution in [0.15, 0.2) is 35.7 Å². The third-order valence-electron chi connectivity index (χ3n) is 6.23. The van der Waals surface area contributed by atoms with E-state index in [1.54, 1.807) is 23.5 Å². The van der Waals surface area contributed by atoms with Crippen molar-refractivity contribution in [1.29, 1.82) is 0 Å². The number of ether oxygens (including phenoxy) is 1. The van der Waals surface area contributed by atoms with E-state index in [1.807, 2.05) is 4.90 Å². The lowest BCUT2D eigenvalue weighted by atomic mass is 9.86. The number of hydrogen-bond acceptors (Lipinski definition) is 4. The third-order valence-corrected chi connectivity index (χ3v) is 7.24. The summed E-state index contributed by atoms with van der Waals surface area (Å²) in [5, 5.41) is 2.07. The molecule has 3 fully saturated rings. The van der Waals surface area contributed by atoms with Crippen LogP contribution in [0, 0.1) is 11.7 Å². The van der Waals surface area contributed by atoms with Crippen LogP contribution < -0.4 is 0 Å². The van der Waals surface area contributed by atoms with E-state index in [0.29, 0.717) is 12.5 Å². The van der Waals surface area contributed by atoms with E-state index in [0.717, 1.165) is 44.5 Å². The van der Waals surface area contributed by atoms with Gasteiger partial charge in [-0.15, -0.1) is 11.3 Å². The lowest BCUT2D eigenvalue weighted by Gasteiger charge is -2.45. The quantitative estimate of drug-likeness (QED) is 0.780. The molecule has 1 aromatic carbocycles. The van der Waals surface area contributed by atoms with Crippen LogP contribution in [0.3, 0.4) is 0 Å². The minimum absolute atomic E-state index is 0.00130. The largest absolute Gasteiger partial charge is 0.444 e. The molecule has 0 radical (unpaired) electrons. The number of hydrogen-bond donors (Lipinski definition) is 0. The molecule has 4 aliphatic heterocycles. The van der Waals surface area contributed by atoms with Gasteiger partial charge in [-0.2, -0.15) is 0 Å². The number of carbonyl (C=O) groups excluding carboxylic acids is 1. The molecule has 4 aliphatic rings. The minimum atomic E-state index is -0.262. The fraction of sp³-hybridized carbons (Fsp3) is 0.476. The Morgan fingerprint density at radius 1 is 1.11 bits per heavy atom. The molecule has 3 saturated heterocycles. The fourth-order valence-electron chi connectivity index (χ4n) is 4.72. The predicted molar refractivity (Wildman–Crippen MR) is 102 cm³/mol. The van der Waals surface area contributed by atoms with Crippen molar-refractivity contribution in [2.24, 2.45) is 5.92 Å². The van der Waals surface area contributed by atoms with Gasteiger partial charge >= 0.3 is 6.09 Å². The van der Waals surface area contributed by atoms with E-state index < -0.39 is 0 Å². The number of benzene rings is 1. The smallest absolute Gasteiger partial charge is 0.410 e. The van der Waals surface area contributed by atoms with Gasteiger partial charge in [-0.1, -0.05) is 12.1 Å². The first-order valence-corrected chi connectivity index (χ1v) is 10.6. The first-order valence-electron chi connectivity index (χ1n) is 9.70. The second-order valence-corrected chi connectivity index (χ2v) is 8.72. The van der Waals surface area contributed by atoms with E-state index in [2.05, 4.69) is 16.3 Å². The number of thiophene rings is 1. The predicted octanol–water partition coefficient (Wildman–Crippen LogP) is 4.07. The highest BCUT2D eigenvalue weighted by atomic mass is 32.1. The Bertz CT molecular complexity index is 829. The number of fused-ring (bicyclic) bond motifs is 4. The van der Waals surface area contributed by atoms with Crippen LogP contribution in [0.1, 0.15) is 34.9 Å². The van der Waals surface area contributed by atoms with E-state index in [4.69, 9.17) is 4.74 Å². The van der Waals surface area contributed by atoms with Gasteiger partial charge in [0.25, 0.3) is 0 Å². The maximum Gasteiger partial charge on any atom is 0.410 e. The summed E-state index contributed by atoms with van der Waals surface area (Å²) in [6.45, 7) is 3.74. The van der Waals surface area contributed by atoms with Gasteiger partial charge in [-0.3, -0.25) is 9.80 Å². The van der Waals surface area contributed by atoms with Crippen LogP contribution >= 0.6 is 11.3 Å². The summed E-state index contributed by atoms with van der Waals surface area (Å²) in [4.78, 5) is 18.5. The van der Waals surface area contributed by atoms with Crippen LogP contribution in [0.2, 0.25) is 0 Å². The number of halogens is 1. The molecule has 2 bridgehead atoms. The lowest BCUT2D eigenvalue weighted by molar-refractivity contribution is -0.0461. The van der Waals surface area contributed by atoms with Crippen LogP contribution in [0.5, 0.6) is 0 Å². The molecule has 142 valence electrons. The number of piperidine rings is 3. The molecule has 0 saturated carbocycles. The van der Waals surface area contributed by atoms with Crippen LogP contribution in [0.25, 0.3) is 0 Å². The molecule has 6 heteroatoms. The van der Waals surface area contributed by atoms with Gasteiger partial charge in [0.05, 0.1) is 6.04 Å². The van der Waals surface area contributed by atoms with Crippen molar-refractivity contribution in [3.63, 3.8) is 0 Å². The normalized spacial score (nSPS) is 29.4. The molecular formula is C21H23FN2O2S. The molecule has 1 aromatic heterocycles. The number of amides is 1. The van der Waals surface area contributed by atoms with Gasteiger partial charge < -0.3 is 4.74 Å². The summed E-state index contributed by atoms with van der Waals surface area (Å²) in [6, 6.07) is 8.43. The van der Waals surface area contributed by atoms with Crippen molar-refractivity contribution in [2.45, 2.75) is 31.4 Å². The van der Waals surface area contributed by atoms with Crippen molar-refractivity contribution >= 4 is 17.4 Å². The van der Waals surface area contributed by atoms with Gasteiger partial charge in [0.2, 0.25) is 0 Å². The van der Waals surface area contributed by atoms with Gasteiger partial charge in [0.1, 0.15) is 11.9 Å². The molecule has 5 heterocycles. The van der Waals surface area contributed by atoms with E-state index in [-0.39, 0.29) is 24.1 Å².